The summed E-state index contributed by atoms with van der Waals surface area (Å²) >= 11 is 0. The number of ether oxygens (including phenoxy) is 1. The highest BCUT2D eigenvalue weighted by atomic mass is 16.5. The van der Waals surface area contributed by atoms with Crippen LogP contribution >= 0.6 is 0 Å². The van der Waals surface area contributed by atoms with E-state index < -0.39 is 0 Å². The largest absolute Gasteiger partial charge is 0.381 e. The molecule has 1 aliphatic carbocycles. The van der Waals surface area contributed by atoms with Crippen LogP contribution in [0.5, 0.6) is 0 Å². The number of hydrogen-bond acceptors (Lipinski definition) is 2. The van der Waals surface area contributed by atoms with E-state index in [0.717, 1.165) is 19.8 Å². The highest BCUT2D eigenvalue weighted by molar-refractivity contribution is 5.66. The van der Waals surface area contributed by atoms with Gasteiger partial charge in [0.05, 0.1) is 6.04 Å². The summed E-state index contributed by atoms with van der Waals surface area (Å²) in [7, 11) is 0. The van der Waals surface area contributed by atoms with Crippen LogP contribution in [0.25, 0.3) is 6.08 Å². The van der Waals surface area contributed by atoms with E-state index in [1.54, 1.807) is 5.57 Å². The zero-order valence-electron chi connectivity index (χ0n) is 15.9. The molecule has 0 amide bonds. The number of benzene rings is 1. The van der Waals surface area contributed by atoms with Crippen LogP contribution in [0.3, 0.4) is 0 Å². The van der Waals surface area contributed by atoms with Gasteiger partial charge >= 0.3 is 0 Å². The average Bonchev–Trinajstić information content (AvgIpc) is 3.03. The van der Waals surface area contributed by atoms with Crippen LogP contribution in [0, 0.1) is 5.92 Å². The van der Waals surface area contributed by atoms with Crippen molar-refractivity contribution in [2.45, 2.75) is 70.8 Å². The van der Waals surface area contributed by atoms with E-state index >= 15 is 0 Å². The molecule has 0 aromatic heterocycles. The molecule has 25 heavy (non-hydrogen) atoms. The zero-order valence-corrected chi connectivity index (χ0v) is 15.9. The third kappa shape index (κ3) is 5.18. The molecule has 1 atom stereocenters. The first-order valence-electron chi connectivity index (χ1n) is 10.5. The summed E-state index contributed by atoms with van der Waals surface area (Å²) < 4.78 is 5.58. The van der Waals surface area contributed by atoms with Gasteiger partial charge in [-0.25, -0.2) is 0 Å². The van der Waals surface area contributed by atoms with Gasteiger partial charge in [-0.15, -0.1) is 0 Å². The minimum absolute atomic E-state index is 0.430. The molecule has 1 saturated heterocycles. The van der Waals surface area contributed by atoms with Gasteiger partial charge in [0.1, 0.15) is 0 Å². The number of unbranched alkanes of at least 4 members (excludes halogenated alkanes) is 6. The normalized spacial score (nSPS) is 20.5. The van der Waals surface area contributed by atoms with Crippen molar-refractivity contribution in [1.29, 1.82) is 0 Å². The molecule has 0 saturated carbocycles. The van der Waals surface area contributed by atoms with Gasteiger partial charge in [-0.2, -0.15) is 0 Å². The van der Waals surface area contributed by atoms with Crippen LogP contribution in [0.15, 0.2) is 29.8 Å². The monoisotopic (exact) mass is 341 g/mol. The molecular weight excluding hydrogens is 306 g/mol. The van der Waals surface area contributed by atoms with Crippen molar-refractivity contribution >= 4 is 6.08 Å². The van der Waals surface area contributed by atoms with Crippen LogP contribution < -0.4 is 5.32 Å². The van der Waals surface area contributed by atoms with Crippen LogP contribution in [-0.4, -0.2) is 19.8 Å². The van der Waals surface area contributed by atoms with Crippen LogP contribution in [0.4, 0.5) is 0 Å². The predicted molar refractivity (Wildman–Crippen MR) is 107 cm³/mol. The predicted octanol–water partition coefficient (Wildman–Crippen LogP) is 5.89. The van der Waals surface area contributed by atoms with Gasteiger partial charge in [-0.3, -0.25) is 0 Å². The van der Waals surface area contributed by atoms with Crippen molar-refractivity contribution in [2.75, 3.05) is 19.8 Å². The molecule has 0 radical (unpaired) electrons. The van der Waals surface area contributed by atoms with Crippen molar-refractivity contribution in [3.8, 4) is 0 Å². The van der Waals surface area contributed by atoms with E-state index in [0.29, 0.717) is 12.0 Å². The second-order valence-corrected chi connectivity index (χ2v) is 7.67. The Bertz CT molecular complexity index is 545. The molecule has 138 valence electrons. The van der Waals surface area contributed by atoms with E-state index in [1.165, 1.54) is 68.9 Å². The molecule has 1 N–H and O–H groups in total. The summed E-state index contributed by atoms with van der Waals surface area (Å²) in [6.07, 6.45) is 14.4. The first-order valence-corrected chi connectivity index (χ1v) is 10.5. The average molecular weight is 342 g/mol. The van der Waals surface area contributed by atoms with Crippen LogP contribution in [0.2, 0.25) is 0 Å². The summed E-state index contributed by atoms with van der Waals surface area (Å²) in [5.41, 5.74) is 4.50. The Balaban J connectivity index is 1.50. The Labute approximate surface area is 154 Å². The molecule has 3 rings (SSSR count). The summed E-state index contributed by atoms with van der Waals surface area (Å²) in [6, 6.07) is 9.35. The minimum Gasteiger partial charge on any atom is -0.381 e. The molecule has 0 bridgehead atoms. The second-order valence-electron chi connectivity index (χ2n) is 7.67. The molecule has 0 spiro atoms. The van der Waals surface area contributed by atoms with Crippen molar-refractivity contribution in [3.63, 3.8) is 0 Å². The highest BCUT2D eigenvalue weighted by Gasteiger charge is 2.30. The van der Waals surface area contributed by atoms with Gasteiger partial charge in [0.15, 0.2) is 0 Å². The van der Waals surface area contributed by atoms with Gasteiger partial charge in [0.25, 0.3) is 0 Å². The number of nitrogens with one attached hydrogen (secondary N) is 1. The van der Waals surface area contributed by atoms with E-state index in [1.807, 2.05) is 0 Å². The Morgan fingerprint density at radius 1 is 0.960 bits per heavy atom. The first kappa shape index (κ1) is 18.7. The van der Waals surface area contributed by atoms with Gasteiger partial charge in [-0.05, 0) is 48.4 Å². The SMILES string of the molecule is CCCCCCCCCNC1C(C2CCOCC2)=Cc2ccccc21. The number of hydrogen-bond donors (Lipinski definition) is 1. The van der Waals surface area contributed by atoms with Crippen molar-refractivity contribution in [3.05, 3.63) is 41.0 Å². The lowest BCUT2D eigenvalue weighted by Gasteiger charge is -2.28. The maximum absolute atomic E-state index is 5.58. The maximum atomic E-state index is 5.58. The smallest absolute Gasteiger partial charge is 0.0548 e. The van der Waals surface area contributed by atoms with Crippen LogP contribution in [-0.2, 0) is 4.74 Å². The molecular formula is C23H35NO. The third-order valence-electron chi connectivity index (χ3n) is 5.78. The van der Waals surface area contributed by atoms with E-state index in [-0.39, 0.29) is 0 Å². The highest BCUT2D eigenvalue weighted by Crippen LogP contribution is 2.41. The quantitative estimate of drug-likeness (QED) is 0.536. The van der Waals surface area contributed by atoms with E-state index in [9.17, 15) is 0 Å². The number of fused-ring (bicyclic) bond motifs is 1. The lowest BCUT2D eigenvalue weighted by Crippen LogP contribution is -2.28. The van der Waals surface area contributed by atoms with Crippen LogP contribution in [0.1, 0.15) is 81.9 Å². The Hall–Kier alpha value is -1.12. The topological polar surface area (TPSA) is 21.3 Å². The Kier molecular flexibility index (Phi) is 7.56. The third-order valence-corrected chi connectivity index (χ3v) is 5.78. The Morgan fingerprint density at radius 2 is 1.68 bits per heavy atom. The molecule has 1 aliphatic heterocycles. The lowest BCUT2D eigenvalue weighted by molar-refractivity contribution is 0.0743. The molecule has 1 fully saturated rings. The van der Waals surface area contributed by atoms with Gasteiger partial charge in [0, 0.05) is 13.2 Å². The van der Waals surface area contributed by atoms with Gasteiger partial charge in [-0.1, -0.05) is 75.8 Å². The van der Waals surface area contributed by atoms with E-state index in [2.05, 4.69) is 42.6 Å². The molecule has 1 aromatic carbocycles. The van der Waals surface area contributed by atoms with Crippen molar-refractivity contribution in [1.82, 2.24) is 5.32 Å². The minimum atomic E-state index is 0.430. The van der Waals surface area contributed by atoms with Crippen molar-refractivity contribution in [2.24, 2.45) is 5.92 Å². The van der Waals surface area contributed by atoms with Gasteiger partial charge < -0.3 is 10.1 Å². The molecule has 2 heteroatoms. The zero-order chi connectivity index (χ0) is 17.3. The molecule has 1 heterocycles. The Morgan fingerprint density at radius 3 is 2.48 bits per heavy atom. The maximum Gasteiger partial charge on any atom is 0.0548 e. The standard InChI is InChI=1S/C23H35NO/c1-2-3-4-5-6-7-10-15-24-23-21-12-9-8-11-20(21)18-22(23)19-13-16-25-17-14-19/h8-9,11-12,18-19,23-24H,2-7,10,13-17H2,1H3. The summed E-state index contributed by atoms with van der Waals surface area (Å²) in [4.78, 5) is 0. The lowest BCUT2D eigenvalue weighted by atomic mass is 9.87. The van der Waals surface area contributed by atoms with E-state index in [4.69, 9.17) is 4.74 Å². The molecule has 1 aromatic rings. The fraction of sp³-hybridized carbons (Fsp3) is 0.652. The fourth-order valence-electron chi connectivity index (χ4n) is 4.29. The number of rotatable bonds is 10. The molecule has 2 nitrogen and oxygen atoms in total. The molecule has 2 aliphatic rings. The van der Waals surface area contributed by atoms with Crippen molar-refractivity contribution < 1.29 is 4.74 Å². The summed E-state index contributed by atoms with van der Waals surface area (Å²) in [6.45, 7) is 5.26. The molecule has 1 unspecified atom stereocenters. The first-order chi connectivity index (χ1) is 12.4. The van der Waals surface area contributed by atoms with Gasteiger partial charge in [0.2, 0.25) is 0 Å². The summed E-state index contributed by atoms with van der Waals surface area (Å²) in [5.74, 6) is 0.688. The fourth-order valence-corrected chi connectivity index (χ4v) is 4.29. The summed E-state index contributed by atoms with van der Waals surface area (Å²) in [5, 5.41) is 3.88. The second kappa shape index (κ2) is 10.1.